The fraction of sp³-hybridized carbons (Fsp3) is 0.267. The number of thiazole rings is 1. The molecule has 1 aromatic heterocycles. The largest absolute Gasteiger partial charge is 0.274 e. The highest BCUT2D eigenvalue weighted by molar-refractivity contribution is 8.01. The van der Waals surface area contributed by atoms with Gasteiger partial charge in [0.2, 0.25) is 0 Å². The topological polar surface area (TPSA) is 50.3 Å². The number of nitrogens with zero attached hydrogens (tertiary/aromatic N) is 2. The second-order valence-electron chi connectivity index (χ2n) is 4.72. The molecular weight excluding hydrogens is 304 g/mol. The predicted octanol–water partition coefficient (Wildman–Crippen LogP) is 3.69. The van der Waals surface area contributed by atoms with Gasteiger partial charge in [0, 0.05) is 23.0 Å². The van der Waals surface area contributed by atoms with Gasteiger partial charge in [-0.3, -0.25) is 14.5 Å². The van der Waals surface area contributed by atoms with Gasteiger partial charge in [-0.1, -0.05) is 25.1 Å². The molecule has 2 aromatic rings. The van der Waals surface area contributed by atoms with Crippen LogP contribution >= 0.6 is 23.1 Å². The van der Waals surface area contributed by atoms with Crippen molar-refractivity contribution in [3.05, 3.63) is 40.9 Å². The lowest BCUT2D eigenvalue weighted by atomic mass is 10.1. The van der Waals surface area contributed by atoms with E-state index in [0.29, 0.717) is 17.7 Å². The molecule has 0 unspecified atom stereocenters. The second-order valence-corrected chi connectivity index (χ2v) is 6.94. The van der Waals surface area contributed by atoms with E-state index in [-0.39, 0.29) is 11.8 Å². The van der Waals surface area contributed by atoms with E-state index in [0.717, 1.165) is 22.1 Å². The number of rotatable bonds is 5. The van der Waals surface area contributed by atoms with Crippen molar-refractivity contribution < 1.29 is 9.59 Å². The molecular formula is C15H14N2O2S2. The van der Waals surface area contributed by atoms with Crippen molar-refractivity contribution in [1.29, 1.82) is 0 Å². The van der Waals surface area contributed by atoms with Crippen LogP contribution in [0.1, 0.15) is 40.5 Å². The summed E-state index contributed by atoms with van der Waals surface area (Å²) in [5.41, 5.74) is 1.03. The van der Waals surface area contributed by atoms with Gasteiger partial charge in [0.15, 0.2) is 4.34 Å². The first-order chi connectivity index (χ1) is 10.2. The summed E-state index contributed by atoms with van der Waals surface area (Å²) in [5, 5.41) is 1.91. The third kappa shape index (κ3) is 2.73. The monoisotopic (exact) mass is 318 g/mol. The molecule has 0 N–H and O–H groups in total. The standard InChI is InChI=1S/C15H14N2O2S2/c1-2-3-7-17-13(18)11-5-4-10(9-12(11)14(17)19)21-15-16-6-8-20-15/h4-6,8-9H,2-3,7H2,1H3. The second kappa shape index (κ2) is 5.99. The lowest BCUT2D eigenvalue weighted by Crippen LogP contribution is -2.30. The number of carbonyl (C=O) groups is 2. The predicted molar refractivity (Wildman–Crippen MR) is 83.0 cm³/mol. The summed E-state index contributed by atoms with van der Waals surface area (Å²) < 4.78 is 0.926. The van der Waals surface area contributed by atoms with E-state index >= 15 is 0 Å². The number of hydrogen-bond donors (Lipinski definition) is 0. The van der Waals surface area contributed by atoms with Gasteiger partial charge in [-0.05, 0) is 24.6 Å². The molecule has 1 aromatic carbocycles. The van der Waals surface area contributed by atoms with Gasteiger partial charge in [-0.2, -0.15) is 0 Å². The Balaban J connectivity index is 1.86. The smallest absolute Gasteiger partial charge is 0.261 e. The summed E-state index contributed by atoms with van der Waals surface area (Å²) in [6.07, 6.45) is 3.55. The average molecular weight is 318 g/mol. The van der Waals surface area contributed by atoms with Crippen molar-refractivity contribution in [3.63, 3.8) is 0 Å². The van der Waals surface area contributed by atoms with Crippen LogP contribution in [-0.2, 0) is 0 Å². The van der Waals surface area contributed by atoms with Gasteiger partial charge < -0.3 is 0 Å². The van der Waals surface area contributed by atoms with Gasteiger partial charge in [0.05, 0.1) is 11.1 Å². The Hall–Kier alpha value is -1.66. The van der Waals surface area contributed by atoms with Crippen molar-refractivity contribution in [2.45, 2.75) is 29.0 Å². The minimum Gasteiger partial charge on any atom is -0.274 e. The minimum absolute atomic E-state index is 0.172. The molecule has 2 heterocycles. The number of benzene rings is 1. The Morgan fingerprint density at radius 2 is 2.05 bits per heavy atom. The molecule has 0 fully saturated rings. The van der Waals surface area contributed by atoms with Crippen LogP contribution in [0.2, 0.25) is 0 Å². The zero-order chi connectivity index (χ0) is 14.8. The first-order valence-electron chi connectivity index (χ1n) is 6.78. The van der Waals surface area contributed by atoms with Gasteiger partial charge in [0.25, 0.3) is 11.8 Å². The van der Waals surface area contributed by atoms with Gasteiger partial charge in [0.1, 0.15) is 0 Å². The first kappa shape index (κ1) is 14.3. The van der Waals surface area contributed by atoms with Crippen LogP contribution in [0, 0.1) is 0 Å². The molecule has 6 heteroatoms. The molecule has 0 radical (unpaired) electrons. The number of unbranched alkanes of at least 4 members (excludes halogenated alkanes) is 1. The summed E-state index contributed by atoms with van der Waals surface area (Å²) in [7, 11) is 0. The highest BCUT2D eigenvalue weighted by Crippen LogP contribution is 2.33. The number of carbonyl (C=O) groups excluding carboxylic acids is 2. The van der Waals surface area contributed by atoms with Gasteiger partial charge in [-0.25, -0.2) is 4.98 Å². The molecule has 0 saturated heterocycles. The maximum Gasteiger partial charge on any atom is 0.261 e. The molecule has 0 bridgehead atoms. The van der Waals surface area contributed by atoms with Crippen molar-refractivity contribution in [2.24, 2.45) is 0 Å². The van der Waals surface area contributed by atoms with E-state index in [2.05, 4.69) is 4.98 Å². The Bertz CT molecular complexity index is 683. The zero-order valence-corrected chi connectivity index (χ0v) is 13.2. The minimum atomic E-state index is -0.176. The maximum absolute atomic E-state index is 12.4. The maximum atomic E-state index is 12.4. The van der Waals surface area contributed by atoms with Crippen LogP contribution < -0.4 is 0 Å². The number of imide groups is 1. The summed E-state index contributed by atoms with van der Waals surface area (Å²) in [6, 6.07) is 5.42. The first-order valence-corrected chi connectivity index (χ1v) is 8.48. The highest BCUT2D eigenvalue weighted by Gasteiger charge is 2.35. The van der Waals surface area contributed by atoms with E-state index in [1.807, 2.05) is 18.4 Å². The Morgan fingerprint density at radius 3 is 2.76 bits per heavy atom. The average Bonchev–Trinajstić information content (AvgIpc) is 3.07. The zero-order valence-electron chi connectivity index (χ0n) is 11.5. The number of hydrogen-bond acceptors (Lipinski definition) is 5. The molecule has 0 spiro atoms. The van der Waals surface area contributed by atoms with E-state index < -0.39 is 0 Å². The Kier molecular flexibility index (Phi) is 4.07. The summed E-state index contributed by atoms with van der Waals surface area (Å²) >= 11 is 3.06. The summed E-state index contributed by atoms with van der Waals surface area (Å²) in [4.78, 5) is 31.1. The van der Waals surface area contributed by atoms with Crippen LogP contribution in [0.4, 0.5) is 0 Å². The van der Waals surface area contributed by atoms with Gasteiger partial charge >= 0.3 is 0 Å². The lowest BCUT2D eigenvalue weighted by molar-refractivity contribution is 0.0652. The van der Waals surface area contributed by atoms with Crippen LogP contribution in [0.25, 0.3) is 0 Å². The Labute approximate surface area is 131 Å². The van der Waals surface area contributed by atoms with Crippen LogP contribution in [0.3, 0.4) is 0 Å². The Morgan fingerprint density at radius 1 is 1.24 bits per heavy atom. The van der Waals surface area contributed by atoms with Gasteiger partial charge in [-0.15, -0.1) is 11.3 Å². The fourth-order valence-corrected chi connectivity index (χ4v) is 3.85. The molecule has 0 atom stereocenters. The molecule has 3 rings (SSSR count). The normalized spacial score (nSPS) is 13.9. The third-order valence-corrected chi connectivity index (χ3v) is 5.17. The van der Waals surface area contributed by atoms with Crippen molar-refractivity contribution in [1.82, 2.24) is 9.88 Å². The SMILES string of the molecule is CCCCN1C(=O)c2ccc(Sc3nccs3)cc2C1=O. The number of aromatic nitrogens is 1. The molecule has 21 heavy (non-hydrogen) atoms. The molecule has 4 nitrogen and oxygen atoms in total. The molecule has 1 aliphatic rings. The molecule has 0 saturated carbocycles. The van der Waals surface area contributed by atoms with Crippen LogP contribution in [0.15, 0.2) is 39.0 Å². The highest BCUT2D eigenvalue weighted by atomic mass is 32.2. The van der Waals surface area contributed by atoms with Crippen LogP contribution in [-0.4, -0.2) is 28.2 Å². The van der Waals surface area contributed by atoms with Crippen LogP contribution in [0.5, 0.6) is 0 Å². The van der Waals surface area contributed by atoms with Crippen molar-refractivity contribution >= 4 is 34.9 Å². The van der Waals surface area contributed by atoms with Crippen molar-refractivity contribution in [3.8, 4) is 0 Å². The summed E-state index contributed by atoms with van der Waals surface area (Å²) in [6.45, 7) is 2.54. The summed E-state index contributed by atoms with van der Waals surface area (Å²) in [5.74, 6) is -0.348. The molecule has 0 aliphatic carbocycles. The van der Waals surface area contributed by atoms with E-state index in [1.54, 1.807) is 29.7 Å². The van der Waals surface area contributed by atoms with E-state index in [9.17, 15) is 9.59 Å². The van der Waals surface area contributed by atoms with E-state index in [4.69, 9.17) is 0 Å². The van der Waals surface area contributed by atoms with Crippen molar-refractivity contribution in [2.75, 3.05) is 6.54 Å². The lowest BCUT2D eigenvalue weighted by Gasteiger charge is -2.12. The number of fused-ring (bicyclic) bond motifs is 1. The quantitative estimate of drug-likeness (QED) is 0.789. The molecule has 108 valence electrons. The van der Waals surface area contributed by atoms with E-state index in [1.165, 1.54) is 16.7 Å². The molecule has 1 aliphatic heterocycles. The third-order valence-electron chi connectivity index (χ3n) is 3.29. The molecule has 2 amide bonds. The number of amides is 2. The fourth-order valence-electron chi connectivity index (χ4n) is 2.21.